The summed E-state index contributed by atoms with van der Waals surface area (Å²) in [5.74, 6) is 1.06. The Bertz CT molecular complexity index is 637. The molecule has 1 aromatic carbocycles. The minimum absolute atomic E-state index is 0.230. The van der Waals surface area contributed by atoms with Gasteiger partial charge in [-0.3, -0.25) is 4.79 Å². The Morgan fingerprint density at radius 3 is 2.74 bits per heavy atom. The van der Waals surface area contributed by atoms with E-state index in [9.17, 15) is 4.79 Å². The number of nitrogens with zero attached hydrogens (tertiary/aromatic N) is 1. The molecule has 0 bridgehead atoms. The number of anilines is 1. The third-order valence-electron chi connectivity index (χ3n) is 2.60. The van der Waals surface area contributed by atoms with E-state index in [-0.39, 0.29) is 12.2 Å². The fourth-order valence-corrected chi connectivity index (χ4v) is 1.75. The number of aromatic nitrogens is 2. The molecule has 3 N–H and O–H groups in total. The van der Waals surface area contributed by atoms with Crippen LogP contribution < -0.4 is 16.0 Å². The van der Waals surface area contributed by atoms with Gasteiger partial charge in [0, 0.05) is 18.7 Å². The monoisotopic (exact) mass is 261 g/mol. The van der Waals surface area contributed by atoms with E-state index in [0.29, 0.717) is 23.0 Å². The lowest BCUT2D eigenvalue weighted by Gasteiger charge is -2.07. The van der Waals surface area contributed by atoms with Crippen LogP contribution in [-0.2, 0) is 11.3 Å². The molecule has 0 aliphatic rings. The summed E-state index contributed by atoms with van der Waals surface area (Å²) in [6.07, 6.45) is 0. The first kappa shape index (κ1) is 13.1. The first-order valence-electron chi connectivity index (χ1n) is 5.67. The quantitative estimate of drug-likeness (QED) is 0.806. The maximum Gasteiger partial charge on any atom is 0.251 e. The van der Waals surface area contributed by atoms with E-state index >= 15 is 0 Å². The molecule has 2 aromatic rings. The Labute approximate surface area is 110 Å². The number of aromatic amines is 1. The van der Waals surface area contributed by atoms with E-state index in [4.69, 9.17) is 15.2 Å². The van der Waals surface area contributed by atoms with Crippen molar-refractivity contribution in [2.75, 3.05) is 20.0 Å². The summed E-state index contributed by atoms with van der Waals surface area (Å²) in [6, 6.07) is 6.68. The van der Waals surface area contributed by atoms with Gasteiger partial charge < -0.3 is 20.2 Å². The second kappa shape index (κ2) is 5.53. The van der Waals surface area contributed by atoms with Gasteiger partial charge in [0.25, 0.3) is 5.56 Å². The maximum atomic E-state index is 11.6. The number of nitrogens with two attached hydrogens (primary N) is 1. The molecule has 1 heterocycles. The van der Waals surface area contributed by atoms with Crippen LogP contribution in [0.15, 0.2) is 29.1 Å². The van der Waals surface area contributed by atoms with Crippen LogP contribution in [0.2, 0.25) is 0 Å². The molecule has 6 nitrogen and oxygen atoms in total. The lowest BCUT2D eigenvalue weighted by atomic mass is 10.1. The SMILES string of the molecule is COCc1nc(-c2ccc(OC)c(N)c2)cc(=O)[nH]1. The van der Waals surface area contributed by atoms with Gasteiger partial charge >= 0.3 is 0 Å². The Morgan fingerprint density at radius 2 is 2.11 bits per heavy atom. The van der Waals surface area contributed by atoms with Gasteiger partial charge in [-0.25, -0.2) is 4.98 Å². The van der Waals surface area contributed by atoms with Gasteiger partial charge in [0.1, 0.15) is 18.2 Å². The van der Waals surface area contributed by atoms with Crippen molar-refractivity contribution in [2.45, 2.75) is 6.61 Å². The largest absolute Gasteiger partial charge is 0.495 e. The standard InChI is InChI=1S/C13H15N3O3/c1-18-7-12-15-10(6-13(17)16-12)8-3-4-11(19-2)9(14)5-8/h3-6H,7,14H2,1-2H3,(H,15,16,17). The number of ether oxygens (including phenoxy) is 2. The average molecular weight is 261 g/mol. The van der Waals surface area contributed by atoms with Crippen LogP contribution in [0.5, 0.6) is 5.75 Å². The number of benzene rings is 1. The topological polar surface area (TPSA) is 90.2 Å². The maximum absolute atomic E-state index is 11.6. The van der Waals surface area contributed by atoms with Crippen LogP contribution in [0, 0.1) is 0 Å². The predicted molar refractivity (Wildman–Crippen MR) is 72.0 cm³/mol. The lowest BCUT2D eigenvalue weighted by molar-refractivity contribution is 0.177. The minimum atomic E-state index is -0.230. The summed E-state index contributed by atoms with van der Waals surface area (Å²) >= 11 is 0. The highest BCUT2D eigenvalue weighted by atomic mass is 16.5. The number of H-pyrrole nitrogens is 1. The second-order valence-corrected chi connectivity index (χ2v) is 3.97. The molecule has 0 saturated carbocycles. The van der Waals surface area contributed by atoms with Crippen molar-refractivity contribution in [3.05, 3.63) is 40.4 Å². The van der Waals surface area contributed by atoms with E-state index in [1.165, 1.54) is 13.2 Å². The summed E-state index contributed by atoms with van der Waals surface area (Å²) < 4.78 is 10.0. The molecule has 1 aromatic heterocycles. The summed E-state index contributed by atoms with van der Waals surface area (Å²) in [5.41, 5.74) is 7.40. The fraction of sp³-hybridized carbons (Fsp3) is 0.231. The molecule has 100 valence electrons. The number of rotatable bonds is 4. The van der Waals surface area contributed by atoms with Gasteiger partial charge in [0.15, 0.2) is 0 Å². The summed E-state index contributed by atoms with van der Waals surface area (Å²) in [4.78, 5) is 18.5. The number of hydrogen-bond acceptors (Lipinski definition) is 5. The second-order valence-electron chi connectivity index (χ2n) is 3.97. The Kier molecular flexibility index (Phi) is 3.82. The normalized spacial score (nSPS) is 10.4. The molecule has 0 atom stereocenters. The van der Waals surface area contributed by atoms with Gasteiger partial charge in [0.2, 0.25) is 0 Å². The zero-order valence-electron chi connectivity index (χ0n) is 10.8. The van der Waals surface area contributed by atoms with Crippen LogP contribution in [0.3, 0.4) is 0 Å². The van der Waals surface area contributed by atoms with Crippen LogP contribution in [0.25, 0.3) is 11.3 Å². The highest BCUT2D eigenvalue weighted by Gasteiger charge is 2.07. The van der Waals surface area contributed by atoms with Gasteiger partial charge in [-0.15, -0.1) is 0 Å². The van der Waals surface area contributed by atoms with Crippen molar-refractivity contribution in [3.8, 4) is 17.0 Å². The molecule has 0 amide bonds. The van der Waals surface area contributed by atoms with E-state index in [1.807, 2.05) is 0 Å². The first-order valence-corrected chi connectivity index (χ1v) is 5.67. The highest BCUT2D eigenvalue weighted by Crippen LogP contribution is 2.26. The predicted octanol–water partition coefficient (Wildman–Crippen LogP) is 1.17. The molecule has 6 heteroatoms. The number of nitrogen functional groups attached to an aromatic ring is 1. The molecule has 0 unspecified atom stereocenters. The van der Waals surface area contributed by atoms with Crippen LogP contribution >= 0.6 is 0 Å². The molecule has 0 aliphatic carbocycles. The number of nitrogens with one attached hydrogen (secondary N) is 1. The Balaban J connectivity index is 2.46. The van der Waals surface area contributed by atoms with Crippen molar-refractivity contribution < 1.29 is 9.47 Å². The first-order chi connectivity index (χ1) is 9.13. The molecule has 0 spiro atoms. The molecular weight excluding hydrogens is 246 g/mol. The van der Waals surface area contributed by atoms with E-state index in [0.717, 1.165) is 5.56 Å². The third kappa shape index (κ3) is 2.92. The van der Waals surface area contributed by atoms with Gasteiger partial charge in [-0.05, 0) is 18.2 Å². The molecule has 0 saturated heterocycles. The van der Waals surface area contributed by atoms with Crippen LogP contribution in [0.1, 0.15) is 5.82 Å². The summed E-state index contributed by atoms with van der Waals surface area (Å²) in [6.45, 7) is 0.245. The molecule has 19 heavy (non-hydrogen) atoms. The van der Waals surface area contributed by atoms with E-state index in [2.05, 4.69) is 9.97 Å². The van der Waals surface area contributed by atoms with Gasteiger partial charge in [-0.1, -0.05) is 0 Å². The van der Waals surface area contributed by atoms with Gasteiger partial charge in [0.05, 0.1) is 18.5 Å². The van der Waals surface area contributed by atoms with Gasteiger partial charge in [-0.2, -0.15) is 0 Å². The summed E-state index contributed by atoms with van der Waals surface area (Å²) in [7, 11) is 3.09. The molecule has 0 aliphatic heterocycles. The molecular formula is C13H15N3O3. The Morgan fingerprint density at radius 1 is 1.32 bits per heavy atom. The Hall–Kier alpha value is -2.34. The molecule has 2 rings (SSSR count). The minimum Gasteiger partial charge on any atom is -0.495 e. The molecule has 0 radical (unpaired) electrons. The average Bonchev–Trinajstić information content (AvgIpc) is 2.38. The number of methoxy groups -OCH3 is 2. The van der Waals surface area contributed by atoms with E-state index < -0.39 is 0 Å². The zero-order chi connectivity index (χ0) is 13.8. The number of hydrogen-bond donors (Lipinski definition) is 2. The van der Waals surface area contributed by atoms with Crippen molar-refractivity contribution in [1.82, 2.24) is 9.97 Å². The van der Waals surface area contributed by atoms with Crippen molar-refractivity contribution in [1.29, 1.82) is 0 Å². The van der Waals surface area contributed by atoms with Crippen molar-refractivity contribution >= 4 is 5.69 Å². The highest BCUT2D eigenvalue weighted by molar-refractivity contribution is 5.68. The van der Waals surface area contributed by atoms with Crippen LogP contribution in [-0.4, -0.2) is 24.2 Å². The van der Waals surface area contributed by atoms with Crippen molar-refractivity contribution in [3.63, 3.8) is 0 Å². The summed E-state index contributed by atoms with van der Waals surface area (Å²) in [5, 5.41) is 0. The van der Waals surface area contributed by atoms with Crippen molar-refractivity contribution in [2.24, 2.45) is 0 Å². The van der Waals surface area contributed by atoms with Crippen LogP contribution in [0.4, 0.5) is 5.69 Å². The fourth-order valence-electron chi connectivity index (χ4n) is 1.75. The third-order valence-corrected chi connectivity index (χ3v) is 2.60. The lowest BCUT2D eigenvalue weighted by Crippen LogP contribution is -2.11. The van der Waals surface area contributed by atoms with E-state index in [1.54, 1.807) is 25.3 Å². The molecule has 0 fully saturated rings. The zero-order valence-corrected chi connectivity index (χ0v) is 10.8. The smallest absolute Gasteiger partial charge is 0.251 e.